The Morgan fingerprint density at radius 1 is 1.26 bits per heavy atom. The molecule has 1 amide bonds. The number of hydrogen-bond acceptors (Lipinski definition) is 3. The number of benzene rings is 1. The van der Waals surface area contributed by atoms with Crippen LogP contribution in [0.25, 0.3) is 11.3 Å². The standard InChI is InChI=1S/C18H22FN3O/c1-4-6-15-17(22-18(23)12(3)5-2)20-11-16(21-15)13-7-9-14(19)10-8-13/h7-12H,4-6H2,1-3H3,(H,20,22,23). The van der Waals surface area contributed by atoms with Crippen molar-refractivity contribution < 1.29 is 9.18 Å². The molecule has 0 aliphatic heterocycles. The Kier molecular flexibility index (Phi) is 5.79. The molecule has 0 fully saturated rings. The quantitative estimate of drug-likeness (QED) is 0.868. The third-order valence-corrected chi connectivity index (χ3v) is 3.77. The van der Waals surface area contributed by atoms with Crippen LogP contribution in [0.2, 0.25) is 0 Å². The lowest BCUT2D eigenvalue weighted by atomic mass is 10.1. The highest BCUT2D eigenvalue weighted by Crippen LogP contribution is 2.21. The second kappa shape index (κ2) is 7.81. The molecule has 0 aliphatic rings. The first-order chi connectivity index (χ1) is 11.0. The van der Waals surface area contributed by atoms with Crippen LogP contribution in [0.15, 0.2) is 30.5 Å². The van der Waals surface area contributed by atoms with Gasteiger partial charge in [0.1, 0.15) is 5.82 Å². The van der Waals surface area contributed by atoms with Gasteiger partial charge in [-0.05, 0) is 37.1 Å². The minimum Gasteiger partial charge on any atom is -0.309 e. The number of halogens is 1. The van der Waals surface area contributed by atoms with Crippen LogP contribution in [0, 0.1) is 11.7 Å². The van der Waals surface area contributed by atoms with Crippen molar-refractivity contribution in [3.63, 3.8) is 0 Å². The van der Waals surface area contributed by atoms with Crippen LogP contribution in [-0.4, -0.2) is 15.9 Å². The van der Waals surface area contributed by atoms with E-state index in [0.717, 1.165) is 30.5 Å². The Labute approximate surface area is 136 Å². The maximum atomic E-state index is 13.0. The van der Waals surface area contributed by atoms with E-state index >= 15 is 0 Å². The van der Waals surface area contributed by atoms with Gasteiger partial charge in [-0.3, -0.25) is 4.79 Å². The Hall–Kier alpha value is -2.30. The summed E-state index contributed by atoms with van der Waals surface area (Å²) in [6, 6.07) is 6.14. The largest absolute Gasteiger partial charge is 0.309 e. The lowest BCUT2D eigenvalue weighted by Gasteiger charge is -2.13. The Morgan fingerprint density at radius 2 is 1.96 bits per heavy atom. The van der Waals surface area contributed by atoms with E-state index in [1.165, 1.54) is 12.1 Å². The fraction of sp³-hybridized carbons (Fsp3) is 0.389. The first-order valence-electron chi connectivity index (χ1n) is 7.97. The molecule has 0 radical (unpaired) electrons. The van der Waals surface area contributed by atoms with Gasteiger partial charge in [0.2, 0.25) is 5.91 Å². The lowest BCUT2D eigenvalue weighted by Crippen LogP contribution is -2.21. The molecule has 0 spiro atoms. The van der Waals surface area contributed by atoms with Gasteiger partial charge in [0.05, 0.1) is 17.6 Å². The molecule has 0 bridgehead atoms. The predicted octanol–water partition coefficient (Wildman–Crippen LogP) is 4.22. The van der Waals surface area contributed by atoms with Gasteiger partial charge in [0.15, 0.2) is 5.82 Å². The first kappa shape index (κ1) is 17.1. The third kappa shape index (κ3) is 4.34. The minimum absolute atomic E-state index is 0.0475. The van der Waals surface area contributed by atoms with Crippen LogP contribution in [0.3, 0.4) is 0 Å². The molecule has 1 atom stereocenters. The smallest absolute Gasteiger partial charge is 0.228 e. The molecule has 0 aliphatic carbocycles. The molecule has 4 nitrogen and oxygen atoms in total. The normalized spacial score (nSPS) is 12.0. The molecule has 2 rings (SSSR count). The molecule has 0 saturated carbocycles. The maximum Gasteiger partial charge on any atom is 0.228 e. The minimum atomic E-state index is -0.284. The number of aryl methyl sites for hydroxylation is 1. The Morgan fingerprint density at radius 3 is 2.57 bits per heavy atom. The number of carbonyl (C=O) groups is 1. The van der Waals surface area contributed by atoms with Crippen LogP contribution in [0.1, 0.15) is 39.3 Å². The van der Waals surface area contributed by atoms with E-state index in [1.807, 2.05) is 20.8 Å². The van der Waals surface area contributed by atoms with Crippen LogP contribution < -0.4 is 5.32 Å². The summed E-state index contributed by atoms with van der Waals surface area (Å²) in [4.78, 5) is 21.0. The molecule has 1 heterocycles. The molecule has 5 heteroatoms. The number of rotatable bonds is 6. The first-order valence-corrected chi connectivity index (χ1v) is 7.97. The van der Waals surface area contributed by atoms with Crippen molar-refractivity contribution in [3.8, 4) is 11.3 Å². The molecule has 1 aromatic carbocycles. The van der Waals surface area contributed by atoms with Gasteiger partial charge >= 0.3 is 0 Å². The SMILES string of the molecule is CCCc1nc(-c2ccc(F)cc2)cnc1NC(=O)C(C)CC. The van der Waals surface area contributed by atoms with E-state index in [2.05, 4.69) is 15.3 Å². The summed E-state index contributed by atoms with van der Waals surface area (Å²) in [5, 5.41) is 2.86. The van der Waals surface area contributed by atoms with Gasteiger partial charge in [0.25, 0.3) is 0 Å². The molecule has 1 N–H and O–H groups in total. The van der Waals surface area contributed by atoms with Gasteiger partial charge in [-0.2, -0.15) is 0 Å². The number of amides is 1. The zero-order valence-electron chi connectivity index (χ0n) is 13.8. The van der Waals surface area contributed by atoms with Gasteiger partial charge in [0, 0.05) is 11.5 Å². The highest BCUT2D eigenvalue weighted by molar-refractivity contribution is 5.91. The zero-order chi connectivity index (χ0) is 16.8. The molecule has 23 heavy (non-hydrogen) atoms. The van der Waals surface area contributed by atoms with Gasteiger partial charge in [-0.1, -0.05) is 27.2 Å². The summed E-state index contributed by atoms with van der Waals surface area (Å²) >= 11 is 0. The topological polar surface area (TPSA) is 54.9 Å². The second-order valence-corrected chi connectivity index (χ2v) is 5.61. The molecule has 0 saturated heterocycles. The van der Waals surface area contributed by atoms with Crippen LogP contribution in [0.4, 0.5) is 10.2 Å². The number of nitrogens with zero attached hydrogens (tertiary/aromatic N) is 2. The van der Waals surface area contributed by atoms with E-state index in [-0.39, 0.29) is 17.6 Å². The van der Waals surface area contributed by atoms with E-state index in [1.54, 1.807) is 18.3 Å². The van der Waals surface area contributed by atoms with E-state index in [4.69, 9.17) is 0 Å². The van der Waals surface area contributed by atoms with E-state index < -0.39 is 0 Å². The predicted molar refractivity (Wildman–Crippen MR) is 89.5 cm³/mol. The van der Waals surface area contributed by atoms with Gasteiger partial charge in [-0.15, -0.1) is 0 Å². The summed E-state index contributed by atoms with van der Waals surface area (Å²) in [5.74, 6) is 0.118. The van der Waals surface area contributed by atoms with Crippen molar-refractivity contribution in [3.05, 3.63) is 42.0 Å². The maximum absolute atomic E-state index is 13.0. The highest BCUT2D eigenvalue weighted by atomic mass is 19.1. The number of aromatic nitrogens is 2. The number of hydrogen-bond donors (Lipinski definition) is 1. The molecule has 1 aromatic heterocycles. The van der Waals surface area contributed by atoms with E-state index in [0.29, 0.717) is 11.5 Å². The van der Waals surface area contributed by atoms with Crippen molar-refractivity contribution in [1.29, 1.82) is 0 Å². The van der Waals surface area contributed by atoms with Crippen molar-refractivity contribution in [2.24, 2.45) is 5.92 Å². The van der Waals surface area contributed by atoms with Gasteiger partial charge < -0.3 is 5.32 Å². The number of nitrogens with one attached hydrogen (secondary N) is 1. The summed E-state index contributed by atoms with van der Waals surface area (Å²) in [5.41, 5.74) is 2.23. The average molecular weight is 315 g/mol. The Balaban J connectivity index is 2.30. The van der Waals surface area contributed by atoms with Gasteiger partial charge in [-0.25, -0.2) is 14.4 Å². The number of carbonyl (C=O) groups excluding carboxylic acids is 1. The Bertz CT molecular complexity index is 670. The molecular weight excluding hydrogens is 293 g/mol. The lowest BCUT2D eigenvalue weighted by molar-refractivity contribution is -0.119. The molecule has 1 unspecified atom stereocenters. The fourth-order valence-corrected chi connectivity index (χ4v) is 2.13. The highest BCUT2D eigenvalue weighted by Gasteiger charge is 2.15. The van der Waals surface area contributed by atoms with Crippen LogP contribution in [-0.2, 0) is 11.2 Å². The monoisotopic (exact) mass is 315 g/mol. The van der Waals surface area contributed by atoms with Crippen molar-refractivity contribution >= 4 is 11.7 Å². The van der Waals surface area contributed by atoms with E-state index in [9.17, 15) is 9.18 Å². The molecule has 122 valence electrons. The molecule has 2 aromatic rings. The van der Waals surface area contributed by atoms with Crippen molar-refractivity contribution in [2.45, 2.75) is 40.0 Å². The number of anilines is 1. The fourth-order valence-electron chi connectivity index (χ4n) is 2.13. The summed E-state index contributed by atoms with van der Waals surface area (Å²) < 4.78 is 13.0. The zero-order valence-corrected chi connectivity index (χ0v) is 13.8. The van der Waals surface area contributed by atoms with Crippen molar-refractivity contribution in [1.82, 2.24) is 9.97 Å². The summed E-state index contributed by atoms with van der Waals surface area (Å²) in [6.45, 7) is 5.90. The van der Waals surface area contributed by atoms with Crippen molar-refractivity contribution in [2.75, 3.05) is 5.32 Å². The summed E-state index contributed by atoms with van der Waals surface area (Å²) in [6.07, 6.45) is 4.00. The second-order valence-electron chi connectivity index (χ2n) is 5.61. The average Bonchev–Trinajstić information content (AvgIpc) is 2.56. The molecular formula is C18H22FN3O. The summed E-state index contributed by atoms with van der Waals surface area (Å²) in [7, 11) is 0. The third-order valence-electron chi connectivity index (χ3n) is 3.77. The van der Waals surface area contributed by atoms with Crippen LogP contribution >= 0.6 is 0 Å². The van der Waals surface area contributed by atoms with Crippen LogP contribution in [0.5, 0.6) is 0 Å².